The zero-order chi connectivity index (χ0) is 17.8. The predicted octanol–water partition coefficient (Wildman–Crippen LogP) is 1.88. The van der Waals surface area contributed by atoms with Crippen molar-refractivity contribution in [1.82, 2.24) is 19.6 Å². The molecule has 134 valence electrons. The summed E-state index contributed by atoms with van der Waals surface area (Å²) in [6, 6.07) is 3.81. The monoisotopic (exact) mass is 411 g/mol. The first-order valence-electron chi connectivity index (χ1n) is 7.93. The van der Waals surface area contributed by atoms with Crippen LogP contribution in [-0.4, -0.2) is 56.6 Å². The Bertz CT molecular complexity index is 737. The van der Waals surface area contributed by atoms with Gasteiger partial charge in [-0.15, -0.1) is 0 Å². The van der Waals surface area contributed by atoms with Gasteiger partial charge in [0.05, 0.1) is 30.6 Å². The molecule has 10 heteroatoms. The number of aromatic nitrogens is 2. The number of nitro groups is 1. The van der Waals surface area contributed by atoms with E-state index >= 15 is 0 Å². The molecule has 25 heavy (non-hydrogen) atoms. The summed E-state index contributed by atoms with van der Waals surface area (Å²) in [6.07, 6.45) is 3.45. The summed E-state index contributed by atoms with van der Waals surface area (Å²) in [5, 5.41) is 14.6. The summed E-state index contributed by atoms with van der Waals surface area (Å²) < 4.78 is 7.08. The lowest BCUT2D eigenvalue weighted by Crippen LogP contribution is -2.48. The van der Waals surface area contributed by atoms with Crippen molar-refractivity contribution < 1.29 is 14.1 Å². The molecule has 0 spiro atoms. The van der Waals surface area contributed by atoms with E-state index in [1.54, 1.807) is 6.26 Å². The van der Waals surface area contributed by atoms with E-state index in [2.05, 4.69) is 25.9 Å². The number of piperazine rings is 1. The summed E-state index contributed by atoms with van der Waals surface area (Å²) >= 11 is 3.10. The van der Waals surface area contributed by atoms with Gasteiger partial charge in [-0.05, 0) is 33.0 Å². The van der Waals surface area contributed by atoms with E-state index in [4.69, 9.17) is 4.42 Å². The van der Waals surface area contributed by atoms with E-state index in [1.807, 2.05) is 17.0 Å². The molecule has 0 aromatic carbocycles. The molecule has 0 saturated carbocycles. The second-order valence-corrected chi connectivity index (χ2v) is 6.66. The molecule has 2 aromatic heterocycles. The van der Waals surface area contributed by atoms with E-state index in [0.717, 1.165) is 25.4 Å². The molecular weight excluding hydrogens is 394 g/mol. The Morgan fingerprint density at radius 3 is 2.72 bits per heavy atom. The molecule has 0 N–H and O–H groups in total. The van der Waals surface area contributed by atoms with Crippen LogP contribution in [0.15, 0.2) is 33.5 Å². The predicted molar refractivity (Wildman–Crippen MR) is 91.8 cm³/mol. The van der Waals surface area contributed by atoms with Gasteiger partial charge in [0, 0.05) is 32.6 Å². The van der Waals surface area contributed by atoms with Crippen LogP contribution in [0.5, 0.6) is 0 Å². The number of furan rings is 1. The van der Waals surface area contributed by atoms with Crippen LogP contribution in [-0.2, 0) is 17.9 Å². The number of hydrogen-bond acceptors (Lipinski definition) is 6. The highest BCUT2D eigenvalue weighted by Crippen LogP contribution is 2.22. The van der Waals surface area contributed by atoms with Gasteiger partial charge in [-0.25, -0.2) is 0 Å². The fourth-order valence-electron chi connectivity index (χ4n) is 2.77. The Balaban J connectivity index is 1.45. The highest BCUT2D eigenvalue weighted by molar-refractivity contribution is 9.10. The Morgan fingerprint density at radius 1 is 1.36 bits per heavy atom. The fourth-order valence-corrected chi connectivity index (χ4v) is 3.23. The van der Waals surface area contributed by atoms with Crippen molar-refractivity contribution in [2.24, 2.45) is 0 Å². The third-order valence-corrected chi connectivity index (χ3v) is 4.67. The van der Waals surface area contributed by atoms with Crippen LogP contribution < -0.4 is 0 Å². The zero-order valence-corrected chi connectivity index (χ0v) is 15.1. The highest BCUT2D eigenvalue weighted by atomic mass is 79.9. The topological polar surface area (TPSA) is 97.6 Å². The maximum Gasteiger partial charge on any atom is 0.404 e. The van der Waals surface area contributed by atoms with Crippen LogP contribution in [0.1, 0.15) is 12.2 Å². The van der Waals surface area contributed by atoms with Gasteiger partial charge in [-0.1, -0.05) is 0 Å². The first kappa shape index (κ1) is 17.6. The van der Waals surface area contributed by atoms with Crippen molar-refractivity contribution >= 4 is 27.7 Å². The molecule has 1 saturated heterocycles. The molecule has 1 aliphatic rings. The van der Waals surface area contributed by atoms with Gasteiger partial charge >= 0.3 is 5.82 Å². The summed E-state index contributed by atoms with van der Waals surface area (Å²) in [5.74, 6) is 0.719. The molecule has 3 rings (SSSR count). The second kappa shape index (κ2) is 7.79. The Labute approximate surface area is 152 Å². The van der Waals surface area contributed by atoms with E-state index in [1.165, 1.54) is 10.9 Å². The van der Waals surface area contributed by atoms with Gasteiger partial charge in [0.1, 0.15) is 10.2 Å². The number of hydrogen-bond donors (Lipinski definition) is 0. The molecule has 1 amide bonds. The molecule has 0 bridgehead atoms. The first-order chi connectivity index (χ1) is 12.0. The van der Waals surface area contributed by atoms with Crippen LogP contribution in [0.4, 0.5) is 5.82 Å². The van der Waals surface area contributed by atoms with Crippen molar-refractivity contribution in [2.75, 3.05) is 26.2 Å². The molecule has 0 aliphatic carbocycles. The number of rotatable bonds is 6. The molecule has 0 unspecified atom stereocenters. The normalized spacial score (nSPS) is 15.5. The minimum atomic E-state index is -0.555. The van der Waals surface area contributed by atoms with Crippen molar-refractivity contribution in [1.29, 1.82) is 0 Å². The highest BCUT2D eigenvalue weighted by Gasteiger charge is 2.23. The van der Waals surface area contributed by atoms with Crippen LogP contribution in [0.2, 0.25) is 0 Å². The molecule has 3 heterocycles. The number of nitrogens with zero attached hydrogens (tertiary/aromatic N) is 5. The van der Waals surface area contributed by atoms with E-state index < -0.39 is 4.92 Å². The minimum absolute atomic E-state index is 0.0342. The van der Waals surface area contributed by atoms with E-state index in [0.29, 0.717) is 24.1 Å². The maximum absolute atomic E-state index is 12.3. The molecular formula is C15H18BrN5O4. The van der Waals surface area contributed by atoms with E-state index in [9.17, 15) is 14.9 Å². The Kier molecular flexibility index (Phi) is 5.49. The van der Waals surface area contributed by atoms with Gasteiger partial charge < -0.3 is 19.4 Å². The first-order valence-corrected chi connectivity index (χ1v) is 8.72. The SMILES string of the molecule is O=C(CCn1cc(Br)c([N+](=O)[O-])n1)N1CCN(Cc2ccco2)CC1. The van der Waals surface area contributed by atoms with Crippen LogP contribution in [0.25, 0.3) is 0 Å². The maximum atomic E-state index is 12.3. The number of carbonyl (C=O) groups excluding carboxylic acids is 1. The molecule has 1 fully saturated rings. The van der Waals surface area contributed by atoms with Gasteiger partial charge in [0.2, 0.25) is 5.91 Å². The smallest absolute Gasteiger partial charge is 0.404 e. The largest absolute Gasteiger partial charge is 0.468 e. The molecule has 9 nitrogen and oxygen atoms in total. The number of amides is 1. The molecule has 0 atom stereocenters. The summed E-state index contributed by atoms with van der Waals surface area (Å²) in [4.78, 5) is 26.6. The lowest BCUT2D eigenvalue weighted by atomic mass is 10.2. The Morgan fingerprint density at radius 2 is 2.12 bits per heavy atom. The minimum Gasteiger partial charge on any atom is -0.468 e. The molecule has 0 radical (unpaired) electrons. The number of carbonyl (C=O) groups is 1. The van der Waals surface area contributed by atoms with Gasteiger partial charge in [-0.2, -0.15) is 4.68 Å². The summed E-state index contributed by atoms with van der Waals surface area (Å²) in [5.41, 5.74) is 0. The van der Waals surface area contributed by atoms with Crippen molar-refractivity contribution in [3.05, 3.63) is 44.9 Å². The van der Waals surface area contributed by atoms with Crippen LogP contribution in [0, 0.1) is 10.1 Å². The van der Waals surface area contributed by atoms with Gasteiger partial charge in [0.25, 0.3) is 0 Å². The standard InChI is InChI=1S/C15H18BrN5O4/c16-13-11-20(17-15(13)21(23)24)4-3-14(22)19-7-5-18(6-8-19)10-12-2-1-9-25-12/h1-2,9,11H,3-8,10H2. The third kappa shape index (κ3) is 4.45. The van der Waals surface area contributed by atoms with Gasteiger partial charge in [0.15, 0.2) is 0 Å². The van der Waals surface area contributed by atoms with Crippen molar-refractivity contribution in [3.63, 3.8) is 0 Å². The van der Waals surface area contributed by atoms with Crippen molar-refractivity contribution in [3.8, 4) is 0 Å². The number of halogens is 1. The molecule has 1 aliphatic heterocycles. The lowest BCUT2D eigenvalue weighted by Gasteiger charge is -2.34. The second-order valence-electron chi connectivity index (χ2n) is 5.81. The number of aryl methyl sites for hydroxylation is 1. The third-order valence-electron chi connectivity index (χ3n) is 4.11. The lowest BCUT2D eigenvalue weighted by molar-refractivity contribution is -0.390. The van der Waals surface area contributed by atoms with Crippen LogP contribution in [0.3, 0.4) is 0 Å². The summed E-state index contributed by atoms with van der Waals surface area (Å²) in [7, 11) is 0. The zero-order valence-electron chi connectivity index (χ0n) is 13.5. The fraction of sp³-hybridized carbons (Fsp3) is 0.467. The van der Waals surface area contributed by atoms with Crippen molar-refractivity contribution in [2.45, 2.75) is 19.5 Å². The average Bonchev–Trinajstić information content (AvgIpc) is 3.23. The van der Waals surface area contributed by atoms with E-state index in [-0.39, 0.29) is 18.1 Å². The van der Waals surface area contributed by atoms with Crippen LogP contribution >= 0.6 is 15.9 Å². The van der Waals surface area contributed by atoms with Gasteiger partial charge in [-0.3, -0.25) is 9.69 Å². The molecule has 2 aromatic rings. The summed E-state index contributed by atoms with van der Waals surface area (Å²) in [6.45, 7) is 4.00. The average molecular weight is 412 g/mol. The Hall–Kier alpha value is -2.20. The quantitative estimate of drug-likeness (QED) is 0.531.